The van der Waals surface area contributed by atoms with Gasteiger partial charge in [0.1, 0.15) is 11.8 Å². The molecule has 244 valence electrons. The van der Waals surface area contributed by atoms with E-state index in [0.717, 1.165) is 44.8 Å². The summed E-state index contributed by atoms with van der Waals surface area (Å²) < 4.78 is 26.2. The molecule has 1 heterocycles. The monoisotopic (exact) mass is 650 g/mol. The summed E-state index contributed by atoms with van der Waals surface area (Å²) in [6.07, 6.45) is 3.81. The Balaban J connectivity index is 1.31. The van der Waals surface area contributed by atoms with Crippen molar-refractivity contribution in [2.75, 3.05) is 38.5 Å². The second-order valence-electron chi connectivity index (χ2n) is 11.8. The first-order valence-electron chi connectivity index (χ1n) is 16.0. The molecular formula is C38H42N4O4S. The minimum absolute atomic E-state index is 0.0324. The van der Waals surface area contributed by atoms with Gasteiger partial charge in [0.15, 0.2) is 15.6 Å². The van der Waals surface area contributed by atoms with Gasteiger partial charge in [0, 0.05) is 38.3 Å². The molecule has 0 radical (unpaired) electrons. The molecule has 1 saturated heterocycles. The highest BCUT2D eigenvalue weighted by atomic mass is 32.2. The van der Waals surface area contributed by atoms with E-state index < -0.39 is 39.4 Å². The van der Waals surface area contributed by atoms with Crippen molar-refractivity contribution < 1.29 is 18.0 Å². The predicted octanol–water partition coefficient (Wildman–Crippen LogP) is 4.84. The van der Waals surface area contributed by atoms with Crippen LogP contribution in [-0.2, 0) is 21.2 Å². The summed E-state index contributed by atoms with van der Waals surface area (Å²) in [6, 6.07) is 29.9. The molecule has 4 aromatic rings. The van der Waals surface area contributed by atoms with Gasteiger partial charge < -0.3 is 16.0 Å². The van der Waals surface area contributed by atoms with E-state index in [1.54, 1.807) is 54.6 Å². The molecule has 1 unspecified atom stereocenters. The van der Waals surface area contributed by atoms with Crippen LogP contribution >= 0.6 is 0 Å². The van der Waals surface area contributed by atoms with E-state index >= 15 is 0 Å². The van der Waals surface area contributed by atoms with Gasteiger partial charge in [-0.1, -0.05) is 110 Å². The average Bonchev–Trinajstić information content (AvgIpc) is 3.11. The summed E-state index contributed by atoms with van der Waals surface area (Å²) in [6.45, 7) is 8.56. The van der Waals surface area contributed by atoms with Crippen molar-refractivity contribution in [2.24, 2.45) is 5.73 Å². The van der Waals surface area contributed by atoms with Gasteiger partial charge in [-0.15, -0.1) is 0 Å². The highest BCUT2D eigenvalue weighted by Gasteiger charge is 2.32. The molecular weight excluding hydrogens is 609 g/mol. The Hall–Kier alpha value is -4.41. The van der Waals surface area contributed by atoms with Crippen LogP contribution in [0, 0.1) is 0 Å². The number of nitrogens with two attached hydrogens (primary N) is 1. The van der Waals surface area contributed by atoms with E-state index in [-0.39, 0.29) is 4.90 Å². The molecule has 1 fully saturated rings. The number of hydrogen-bond donors (Lipinski definition) is 2. The molecule has 0 aliphatic carbocycles. The third-order valence-electron chi connectivity index (χ3n) is 8.57. The summed E-state index contributed by atoms with van der Waals surface area (Å²) >= 11 is 0. The third-order valence-corrected chi connectivity index (χ3v) is 10.2. The van der Waals surface area contributed by atoms with Crippen molar-refractivity contribution in [3.8, 4) is 0 Å². The lowest BCUT2D eigenvalue weighted by molar-refractivity contribution is -0.119. The highest BCUT2D eigenvalue weighted by molar-refractivity contribution is 7.92. The maximum absolute atomic E-state index is 13.7. The zero-order chi connectivity index (χ0) is 33.2. The van der Waals surface area contributed by atoms with Gasteiger partial charge in [0.2, 0.25) is 0 Å². The fraction of sp³-hybridized carbons (Fsp3) is 0.263. The fourth-order valence-corrected chi connectivity index (χ4v) is 7.03. The lowest BCUT2D eigenvalue weighted by atomic mass is 9.96. The lowest BCUT2D eigenvalue weighted by Crippen LogP contribution is -2.49. The quantitative estimate of drug-likeness (QED) is 0.199. The molecule has 0 spiro atoms. The second-order valence-corrected chi connectivity index (χ2v) is 13.8. The molecule has 4 aromatic carbocycles. The molecule has 47 heavy (non-hydrogen) atoms. The summed E-state index contributed by atoms with van der Waals surface area (Å²) in [5, 5.41) is 2.78. The summed E-state index contributed by atoms with van der Waals surface area (Å²) in [4.78, 5) is 32.3. The number of rotatable bonds is 13. The topological polar surface area (TPSA) is 113 Å². The summed E-state index contributed by atoms with van der Waals surface area (Å²) in [5.74, 6) is -2.01. The molecule has 0 aromatic heterocycles. The molecule has 1 aliphatic rings. The first-order valence-corrected chi connectivity index (χ1v) is 17.6. The molecule has 3 N–H and O–H groups in total. The largest absolute Gasteiger partial charge is 0.340 e. The number of nitrogens with one attached hydrogen (secondary N) is 1. The van der Waals surface area contributed by atoms with Crippen molar-refractivity contribution in [3.63, 3.8) is 0 Å². The van der Waals surface area contributed by atoms with Crippen LogP contribution in [0.2, 0.25) is 0 Å². The molecule has 1 aliphatic heterocycles. The number of hydrogen-bond acceptors (Lipinski definition) is 7. The molecule has 0 bridgehead atoms. The van der Waals surface area contributed by atoms with E-state index in [0.29, 0.717) is 16.7 Å². The number of benzene rings is 4. The van der Waals surface area contributed by atoms with E-state index in [1.807, 2.05) is 30.4 Å². The van der Waals surface area contributed by atoms with Gasteiger partial charge in [-0.2, -0.15) is 0 Å². The third kappa shape index (κ3) is 9.11. The van der Waals surface area contributed by atoms with Crippen LogP contribution < -0.4 is 11.1 Å². The number of likely N-dealkylation sites (N-methyl/N-ethyl adjacent to an activating group) is 1. The Morgan fingerprint density at radius 1 is 0.787 bits per heavy atom. The van der Waals surface area contributed by atoms with Crippen molar-refractivity contribution in [1.82, 2.24) is 15.1 Å². The van der Waals surface area contributed by atoms with Gasteiger partial charge in [-0.05, 0) is 47.0 Å². The summed E-state index contributed by atoms with van der Waals surface area (Å²) in [7, 11) is -3.96. The van der Waals surface area contributed by atoms with Crippen molar-refractivity contribution in [1.29, 1.82) is 0 Å². The van der Waals surface area contributed by atoms with E-state index in [4.69, 9.17) is 5.73 Å². The average molecular weight is 651 g/mol. The van der Waals surface area contributed by atoms with Crippen molar-refractivity contribution in [2.45, 2.75) is 30.4 Å². The Bertz CT molecular complexity index is 1770. The Kier molecular flexibility index (Phi) is 11.5. The molecule has 8 nitrogen and oxygen atoms in total. The smallest absolute Gasteiger partial charge is 0.252 e. The minimum Gasteiger partial charge on any atom is -0.340 e. The number of Topliss-reactive ketones (excluding diaryl/α,β-unsaturated/α-hetero) is 1. The maximum atomic E-state index is 13.7. The number of carbonyl (C=O) groups is 2. The maximum Gasteiger partial charge on any atom is 0.252 e. The fourth-order valence-electron chi connectivity index (χ4n) is 5.74. The normalized spacial score (nSPS) is 15.7. The molecule has 0 saturated carbocycles. The zero-order valence-electron chi connectivity index (χ0n) is 26.7. The number of nitrogens with zero attached hydrogens (tertiary/aromatic N) is 2. The van der Waals surface area contributed by atoms with Crippen LogP contribution in [0.4, 0.5) is 0 Å². The number of sulfone groups is 1. The van der Waals surface area contributed by atoms with Gasteiger partial charge in [0.25, 0.3) is 5.91 Å². The van der Waals surface area contributed by atoms with E-state index in [9.17, 15) is 18.0 Å². The van der Waals surface area contributed by atoms with E-state index in [1.165, 1.54) is 17.7 Å². The molecule has 2 atom stereocenters. The van der Waals surface area contributed by atoms with Crippen LogP contribution in [0.15, 0.2) is 114 Å². The molecule has 5 rings (SSSR count). The molecule has 9 heteroatoms. The van der Waals surface area contributed by atoms with Crippen LogP contribution in [0.1, 0.15) is 45.6 Å². The summed E-state index contributed by atoms with van der Waals surface area (Å²) in [5.41, 5.74) is 10.4. The lowest BCUT2D eigenvalue weighted by Gasteiger charge is -2.34. The molecule has 1 amide bonds. The number of ketones is 1. The first kappa shape index (κ1) is 33.9. The number of amides is 1. The van der Waals surface area contributed by atoms with Gasteiger partial charge in [0.05, 0.1) is 10.9 Å². The van der Waals surface area contributed by atoms with Gasteiger partial charge >= 0.3 is 0 Å². The Labute approximate surface area is 277 Å². The Morgan fingerprint density at radius 3 is 2.04 bits per heavy atom. The SMILES string of the molecule is CCN1CCN(Cc2ccc(C=Cc3ccccc3C(=O)NC(C(=O)CS(=O)(=O)c3ccccc3)[C@H](N)c3ccccc3)cc2)CC1. The first-order chi connectivity index (χ1) is 22.7. The number of carbonyl (C=O) groups excluding carboxylic acids is 2. The van der Waals surface area contributed by atoms with Gasteiger partial charge in [-0.3, -0.25) is 14.5 Å². The van der Waals surface area contributed by atoms with Crippen molar-refractivity contribution in [3.05, 3.63) is 137 Å². The Morgan fingerprint density at radius 2 is 1.38 bits per heavy atom. The van der Waals surface area contributed by atoms with Crippen LogP contribution in [0.25, 0.3) is 12.2 Å². The van der Waals surface area contributed by atoms with Crippen LogP contribution in [0.5, 0.6) is 0 Å². The van der Waals surface area contributed by atoms with Crippen LogP contribution in [0.3, 0.4) is 0 Å². The minimum atomic E-state index is -3.96. The second kappa shape index (κ2) is 15.9. The van der Waals surface area contributed by atoms with Gasteiger partial charge in [-0.25, -0.2) is 8.42 Å². The van der Waals surface area contributed by atoms with Crippen molar-refractivity contribution >= 4 is 33.7 Å². The van der Waals surface area contributed by atoms with E-state index in [2.05, 4.69) is 46.3 Å². The number of piperazine rings is 1. The predicted molar refractivity (Wildman–Crippen MR) is 187 cm³/mol. The van der Waals surface area contributed by atoms with Crippen LogP contribution in [-0.4, -0.2) is 74.4 Å². The highest BCUT2D eigenvalue weighted by Crippen LogP contribution is 2.20. The zero-order valence-corrected chi connectivity index (χ0v) is 27.5. The standard InChI is InChI=1S/C38H42N4O4S/c1-2-41-23-25-42(26-24-41)27-30-19-17-29(18-20-30)21-22-31-11-9-10-16-34(31)38(44)40-37(36(39)32-12-5-3-6-13-32)35(43)28-47(45,46)33-14-7-4-8-15-33/h3-22,36-37H,2,23-28,39H2,1H3,(H,40,44)/t36-,37?/m1/s1.